The molecule has 2 fully saturated rings. The average molecular weight is 285 g/mol. The number of halogens is 1. The van der Waals surface area contributed by atoms with Gasteiger partial charge in [0.25, 0.3) is 5.91 Å². The molecule has 1 N–H and O–H groups in total. The summed E-state index contributed by atoms with van der Waals surface area (Å²) in [6.07, 6.45) is 2.65. The minimum absolute atomic E-state index is 0.0804. The highest BCUT2D eigenvalue weighted by Gasteiger charge is 2.40. The predicted molar refractivity (Wildman–Crippen MR) is 62.2 cm³/mol. The fraction of sp³-hybridized carbons (Fsp3) is 0.545. The van der Waals surface area contributed by atoms with Crippen LogP contribution in [0.1, 0.15) is 16.8 Å². The number of amides is 1. The van der Waals surface area contributed by atoms with Crippen LogP contribution in [0.3, 0.4) is 0 Å². The van der Waals surface area contributed by atoms with Crippen molar-refractivity contribution in [1.29, 1.82) is 0 Å². The van der Waals surface area contributed by atoms with Gasteiger partial charge in [0, 0.05) is 25.7 Å². The molecule has 1 aromatic rings. The van der Waals surface area contributed by atoms with E-state index in [1.807, 2.05) is 4.90 Å². The van der Waals surface area contributed by atoms with Crippen molar-refractivity contribution in [1.82, 2.24) is 10.2 Å². The van der Waals surface area contributed by atoms with Gasteiger partial charge in [-0.1, -0.05) is 0 Å². The summed E-state index contributed by atoms with van der Waals surface area (Å²) in [5.74, 6) is 0.714. The van der Waals surface area contributed by atoms with Gasteiger partial charge in [-0.2, -0.15) is 0 Å². The lowest BCUT2D eigenvalue weighted by molar-refractivity contribution is 0.0735. The van der Waals surface area contributed by atoms with E-state index in [0.29, 0.717) is 22.2 Å². The lowest BCUT2D eigenvalue weighted by atomic mass is 10.1. The summed E-state index contributed by atoms with van der Waals surface area (Å²) in [5.41, 5.74) is 0.632. The van der Waals surface area contributed by atoms with E-state index in [1.165, 1.54) is 6.26 Å². The number of carbonyl (C=O) groups excluding carboxylic acids is 1. The number of nitrogens with zero attached hydrogens (tertiary/aromatic N) is 1. The van der Waals surface area contributed by atoms with Crippen LogP contribution in [-0.2, 0) is 0 Å². The first kappa shape index (κ1) is 10.4. The molecule has 1 aromatic heterocycles. The number of nitrogens with one attached hydrogen (secondary N) is 1. The van der Waals surface area contributed by atoms with Gasteiger partial charge in [0.15, 0.2) is 4.67 Å². The van der Waals surface area contributed by atoms with E-state index in [4.69, 9.17) is 4.42 Å². The summed E-state index contributed by atoms with van der Waals surface area (Å²) in [6, 6.07) is 2.09. The highest BCUT2D eigenvalue weighted by molar-refractivity contribution is 9.10. The maximum absolute atomic E-state index is 12.3. The Labute approximate surface area is 102 Å². The topological polar surface area (TPSA) is 45.5 Å². The van der Waals surface area contributed by atoms with Crippen LogP contribution in [0.2, 0.25) is 0 Å². The molecule has 0 aliphatic carbocycles. The normalized spacial score (nSPS) is 28.4. The van der Waals surface area contributed by atoms with Crippen LogP contribution in [0.25, 0.3) is 0 Å². The molecule has 2 saturated heterocycles. The van der Waals surface area contributed by atoms with Crippen LogP contribution in [0.15, 0.2) is 21.4 Å². The summed E-state index contributed by atoms with van der Waals surface area (Å²) in [5, 5.41) is 3.34. The van der Waals surface area contributed by atoms with E-state index in [-0.39, 0.29) is 5.91 Å². The van der Waals surface area contributed by atoms with E-state index >= 15 is 0 Å². The second kappa shape index (κ2) is 3.89. The number of likely N-dealkylation sites (tertiary alicyclic amines) is 1. The molecule has 2 aliphatic rings. The van der Waals surface area contributed by atoms with Gasteiger partial charge in [-0.25, -0.2) is 0 Å². The smallest absolute Gasteiger partial charge is 0.258 e. The second-order valence-electron chi connectivity index (χ2n) is 4.38. The minimum Gasteiger partial charge on any atom is -0.457 e. The predicted octanol–water partition coefficient (Wildman–Crippen LogP) is 1.48. The zero-order valence-corrected chi connectivity index (χ0v) is 10.4. The van der Waals surface area contributed by atoms with Gasteiger partial charge in [0.1, 0.15) is 0 Å². The molecule has 0 unspecified atom stereocenters. The zero-order chi connectivity index (χ0) is 11.1. The van der Waals surface area contributed by atoms with E-state index in [1.54, 1.807) is 6.07 Å². The van der Waals surface area contributed by atoms with Crippen LogP contribution in [-0.4, -0.2) is 36.5 Å². The maximum atomic E-state index is 12.3. The Morgan fingerprint density at radius 2 is 2.44 bits per heavy atom. The molecule has 16 heavy (non-hydrogen) atoms. The number of hydrogen-bond acceptors (Lipinski definition) is 3. The van der Waals surface area contributed by atoms with Crippen molar-refractivity contribution >= 4 is 21.8 Å². The third-order valence-electron chi connectivity index (χ3n) is 3.55. The van der Waals surface area contributed by atoms with Crippen LogP contribution in [0.4, 0.5) is 0 Å². The van der Waals surface area contributed by atoms with Gasteiger partial charge in [0.2, 0.25) is 0 Å². The zero-order valence-electron chi connectivity index (χ0n) is 8.78. The molecule has 2 atom stereocenters. The van der Waals surface area contributed by atoms with Crippen LogP contribution < -0.4 is 5.32 Å². The Morgan fingerprint density at radius 1 is 1.56 bits per heavy atom. The Balaban J connectivity index is 1.83. The Morgan fingerprint density at radius 3 is 3.19 bits per heavy atom. The Hall–Kier alpha value is -0.810. The van der Waals surface area contributed by atoms with Crippen molar-refractivity contribution < 1.29 is 9.21 Å². The number of fused-ring (bicyclic) bond motifs is 1. The first-order valence-electron chi connectivity index (χ1n) is 5.52. The van der Waals surface area contributed by atoms with Gasteiger partial charge in [0.05, 0.1) is 11.8 Å². The van der Waals surface area contributed by atoms with Crippen molar-refractivity contribution in [3.05, 3.63) is 22.6 Å². The molecule has 0 bridgehead atoms. The number of carbonyl (C=O) groups is 1. The molecule has 0 saturated carbocycles. The van der Waals surface area contributed by atoms with Gasteiger partial charge >= 0.3 is 0 Å². The molecule has 0 radical (unpaired) electrons. The average Bonchev–Trinajstić information content (AvgIpc) is 2.90. The van der Waals surface area contributed by atoms with E-state index in [2.05, 4.69) is 21.2 Å². The van der Waals surface area contributed by atoms with Crippen LogP contribution in [0, 0.1) is 5.92 Å². The Kier molecular flexibility index (Phi) is 2.52. The largest absolute Gasteiger partial charge is 0.457 e. The highest BCUT2D eigenvalue weighted by atomic mass is 79.9. The van der Waals surface area contributed by atoms with Crippen LogP contribution in [0.5, 0.6) is 0 Å². The fourth-order valence-corrected chi connectivity index (χ4v) is 3.11. The Bertz CT molecular complexity index is 418. The highest BCUT2D eigenvalue weighted by Crippen LogP contribution is 2.30. The lowest BCUT2D eigenvalue weighted by Crippen LogP contribution is -2.39. The molecule has 5 heteroatoms. The second-order valence-corrected chi connectivity index (χ2v) is 5.10. The summed E-state index contributed by atoms with van der Waals surface area (Å²) in [4.78, 5) is 14.3. The molecule has 0 aromatic carbocycles. The summed E-state index contributed by atoms with van der Waals surface area (Å²) >= 11 is 3.26. The first-order valence-corrected chi connectivity index (χ1v) is 6.31. The summed E-state index contributed by atoms with van der Waals surface area (Å²) < 4.78 is 5.64. The molecular formula is C11H13BrN2O2. The van der Waals surface area contributed by atoms with Gasteiger partial charge in [-0.3, -0.25) is 4.79 Å². The number of hydrogen-bond donors (Lipinski definition) is 1. The van der Waals surface area contributed by atoms with E-state index < -0.39 is 0 Å². The van der Waals surface area contributed by atoms with Gasteiger partial charge < -0.3 is 14.6 Å². The molecule has 3 heterocycles. The number of rotatable bonds is 1. The molecule has 1 amide bonds. The monoisotopic (exact) mass is 284 g/mol. The van der Waals surface area contributed by atoms with Crippen molar-refractivity contribution in [2.75, 3.05) is 19.6 Å². The van der Waals surface area contributed by atoms with Gasteiger partial charge in [-0.15, -0.1) is 0 Å². The standard InChI is InChI=1S/C11H13BrN2O2/c12-10-8(2-4-16-10)11(15)14-3-1-7-5-13-6-9(7)14/h2,4,7,9,13H,1,3,5-6H2/t7-,9+/m0/s1. The third kappa shape index (κ3) is 1.50. The minimum atomic E-state index is 0.0804. The molecule has 2 aliphatic heterocycles. The van der Waals surface area contributed by atoms with Crippen LogP contribution >= 0.6 is 15.9 Å². The third-order valence-corrected chi connectivity index (χ3v) is 4.17. The van der Waals surface area contributed by atoms with Crippen molar-refractivity contribution in [2.45, 2.75) is 12.5 Å². The molecule has 0 spiro atoms. The maximum Gasteiger partial charge on any atom is 0.258 e. The quantitative estimate of drug-likeness (QED) is 0.850. The van der Waals surface area contributed by atoms with Gasteiger partial charge in [-0.05, 0) is 34.3 Å². The van der Waals surface area contributed by atoms with Crippen molar-refractivity contribution in [2.24, 2.45) is 5.92 Å². The molecular weight excluding hydrogens is 272 g/mol. The number of furan rings is 1. The van der Waals surface area contributed by atoms with E-state index in [9.17, 15) is 4.79 Å². The molecule has 4 nitrogen and oxygen atoms in total. The molecule has 86 valence electrons. The summed E-state index contributed by atoms with van der Waals surface area (Å²) in [7, 11) is 0. The summed E-state index contributed by atoms with van der Waals surface area (Å²) in [6.45, 7) is 2.83. The fourth-order valence-electron chi connectivity index (χ4n) is 2.70. The first-order chi connectivity index (χ1) is 7.77. The molecule has 3 rings (SSSR count). The van der Waals surface area contributed by atoms with Crippen molar-refractivity contribution in [3.63, 3.8) is 0 Å². The SMILES string of the molecule is O=C(c1ccoc1Br)N1CC[C@H]2CNC[C@H]21. The van der Waals surface area contributed by atoms with Crippen molar-refractivity contribution in [3.8, 4) is 0 Å². The van der Waals surface area contributed by atoms with E-state index in [0.717, 1.165) is 26.1 Å². The lowest BCUT2D eigenvalue weighted by Gasteiger charge is -2.22.